The molecule has 2 aliphatic rings. The van der Waals surface area contributed by atoms with Crippen LogP contribution < -0.4 is 0 Å². The quantitative estimate of drug-likeness (QED) is 0.773. The van der Waals surface area contributed by atoms with Crippen molar-refractivity contribution in [2.24, 2.45) is 5.92 Å². The first kappa shape index (κ1) is 17.7. The topological polar surface area (TPSA) is 63.7 Å². The van der Waals surface area contributed by atoms with Crippen molar-refractivity contribution in [2.75, 3.05) is 19.9 Å². The van der Waals surface area contributed by atoms with Gasteiger partial charge in [0.1, 0.15) is 6.61 Å². The maximum absolute atomic E-state index is 12.3. The Labute approximate surface area is 134 Å². The molecule has 2 fully saturated rings. The third kappa shape index (κ3) is 4.44. The Hall–Kier alpha value is -0.620. The minimum atomic E-state index is -3.11. The molecule has 0 spiro atoms. The third-order valence-electron chi connectivity index (χ3n) is 5.19. The lowest BCUT2D eigenvalue weighted by Crippen LogP contribution is -2.46. The number of nitrogens with zero attached hydrogens (tertiary/aromatic N) is 1. The molecule has 0 bridgehead atoms. The summed E-state index contributed by atoms with van der Waals surface area (Å²) in [5, 5.41) is -0.420. The summed E-state index contributed by atoms with van der Waals surface area (Å²) in [6.07, 6.45) is 8.18. The van der Waals surface area contributed by atoms with Gasteiger partial charge in [-0.15, -0.1) is 0 Å². The fourth-order valence-electron chi connectivity index (χ4n) is 3.85. The van der Waals surface area contributed by atoms with Crippen LogP contribution in [0.1, 0.15) is 51.9 Å². The lowest BCUT2D eigenvalue weighted by Gasteiger charge is -2.31. The van der Waals surface area contributed by atoms with Crippen molar-refractivity contribution in [3.63, 3.8) is 0 Å². The first-order chi connectivity index (χ1) is 10.3. The molecule has 6 heteroatoms. The van der Waals surface area contributed by atoms with Gasteiger partial charge in [0.2, 0.25) is 5.91 Å². The SMILES string of the molecule is C[C@@H]1CCC[C@H](OCC(=O)N(C)[C@@H]2CCC[C@@H]2S(C)(=O)=O)C1. The van der Waals surface area contributed by atoms with Gasteiger partial charge >= 0.3 is 0 Å². The molecule has 2 rings (SSSR count). The lowest BCUT2D eigenvalue weighted by molar-refractivity contribution is -0.139. The van der Waals surface area contributed by atoms with E-state index >= 15 is 0 Å². The Bertz CT molecular complexity index is 490. The van der Waals surface area contributed by atoms with Crippen LogP contribution in [0.2, 0.25) is 0 Å². The highest BCUT2D eigenvalue weighted by Crippen LogP contribution is 2.29. The van der Waals surface area contributed by atoms with Crippen molar-refractivity contribution in [1.29, 1.82) is 0 Å². The first-order valence-electron chi connectivity index (χ1n) is 8.35. The number of carbonyl (C=O) groups is 1. The second-order valence-electron chi connectivity index (χ2n) is 7.08. The van der Waals surface area contributed by atoms with Gasteiger partial charge in [-0.05, 0) is 38.0 Å². The highest BCUT2D eigenvalue weighted by molar-refractivity contribution is 7.91. The number of hydrogen-bond acceptors (Lipinski definition) is 4. The number of rotatable bonds is 5. The Morgan fingerprint density at radius 3 is 2.50 bits per heavy atom. The third-order valence-corrected chi connectivity index (χ3v) is 6.84. The van der Waals surface area contributed by atoms with Gasteiger partial charge in [-0.2, -0.15) is 0 Å². The van der Waals surface area contributed by atoms with Gasteiger partial charge in [-0.1, -0.05) is 19.8 Å². The molecule has 128 valence electrons. The molecule has 0 heterocycles. The van der Waals surface area contributed by atoms with Gasteiger partial charge in [0.05, 0.1) is 11.4 Å². The van der Waals surface area contributed by atoms with Crippen LogP contribution in [0.4, 0.5) is 0 Å². The summed E-state index contributed by atoms with van der Waals surface area (Å²) in [4.78, 5) is 13.9. The predicted molar refractivity (Wildman–Crippen MR) is 86.4 cm³/mol. The van der Waals surface area contributed by atoms with Crippen molar-refractivity contribution < 1.29 is 17.9 Å². The molecule has 4 atom stereocenters. The standard InChI is InChI=1S/C16H29NO4S/c1-12-6-4-7-13(10-12)21-11-16(18)17(2)14-8-5-9-15(14)22(3,19)20/h12-15H,4-11H2,1-3H3/t12-,13+,14-,15+/m1/s1. The Morgan fingerprint density at radius 2 is 1.86 bits per heavy atom. The molecular formula is C16H29NO4S. The van der Waals surface area contributed by atoms with Gasteiger partial charge in [0.15, 0.2) is 9.84 Å². The summed E-state index contributed by atoms with van der Waals surface area (Å²) in [5.41, 5.74) is 0. The Kier molecular flexibility index (Phi) is 5.88. The van der Waals surface area contributed by atoms with Gasteiger partial charge in [0, 0.05) is 19.3 Å². The average Bonchev–Trinajstić information content (AvgIpc) is 2.93. The van der Waals surface area contributed by atoms with Gasteiger partial charge in [-0.25, -0.2) is 8.42 Å². The minimum Gasteiger partial charge on any atom is -0.368 e. The highest BCUT2D eigenvalue weighted by atomic mass is 32.2. The molecule has 1 amide bonds. The average molecular weight is 331 g/mol. The summed E-state index contributed by atoms with van der Waals surface area (Å²) in [7, 11) is -1.40. The van der Waals surface area contributed by atoms with E-state index in [2.05, 4.69) is 6.92 Å². The maximum Gasteiger partial charge on any atom is 0.248 e. The molecule has 22 heavy (non-hydrogen) atoms. The molecule has 5 nitrogen and oxygen atoms in total. The fraction of sp³-hybridized carbons (Fsp3) is 0.938. The minimum absolute atomic E-state index is 0.0703. The molecule has 0 aromatic rings. The summed E-state index contributed by atoms with van der Waals surface area (Å²) >= 11 is 0. The molecule has 2 saturated carbocycles. The van der Waals surface area contributed by atoms with Crippen LogP contribution in [0.25, 0.3) is 0 Å². The van der Waals surface area contributed by atoms with E-state index in [1.54, 1.807) is 11.9 Å². The van der Waals surface area contributed by atoms with E-state index < -0.39 is 15.1 Å². The van der Waals surface area contributed by atoms with Crippen molar-refractivity contribution in [2.45, 2.75) is 69.3 Å². The van der Waals surface area contributed by atoms with Crippen LogP contribution in [-0.2, 0) is 19.4 Å². The van der Waals surface area contributed by atoms with Gasteiger partial charge < -0.3 is 9.64 Å². The zero-order valence-corrected chi connectivity index (χ0v) is 14.8. The first-order valence-corrected chi connectivity index (χ1v) is 10.3. The van der Waals surface area contributed by atoms with Gasteiger partial charge in [0.25, 0.3) is 0 Å². The second kappa shape index (κ2) is 7.30. The molecule has 0 aromatic heterocycles. The summed E-state index contributed by atoms with van der Waals surface area (Å²) in [6.45, 7) is 2.29. The smallest absolute Gasteiger partial charge is 0.248 e. The van der Waals surface area contributed by atoms with Gasteiger partial charge in [-0.3, -0.25) is 4.79 Å². The van der Waals surface area contributed by atoms with Crippen molar-refractivity contribution in [3.8, 4) is 0 Å². The van der Waals surface area contributed by atoms with E-state index in [9.17, 15) is 13.2 Å². The zero-order chi connectivity index (χ0) is 16.3. The van der Waals surface area contributed by atoms with Crippen molar-refractivity contribution in [3.05, 3.63) is 0 Å². The highest BCUT2D eigenvalue weighted by Gasteiger charge is 2.38. The Balaban J connectivity index is 1.86. The van der Waals surface area contributed by atoms with Crippen molar-refractivity contribution >= 4 is 15.7 Å². The fourth-order valence-corrected chi connectivity index (χ4v) is 5.34. The van der Waals surface area contributed by atoms with Crippen LogP contribution >= 0.6 is 0 Å². The van der Waals surface area contributed by atoms with Crippen LogP contribution in [-0.4, -0.2) is 56.5 Å². The van der Waals surface area contributed by atoms with E-state index in [4.69, 9.17) is 4.74 Å². The van der Waals surface area contributed by atoms with E-state index in [0.717, 1.165) is 32.1 Å². The summed E-state index contributed by atoms with van der Waals surface area (Å²) in [5.74, 6) is 0.565. The molecule has 2 aliphatic carbocycles. The zero-order valence-electron chi connectivity index (χ0n) is 14.0. The van der Waals surface area contributed by atoms with Crippen LogP contribution in [0.5, 0.6) is 0 Å². The van der Waals surface area contributed by atoms with Crippen LogP contribution in [0.15, 0.2) is 0 Å². The van der Waals surface area contributed by atoms with Crippen molar-refractivity contribution in [1.82, 2.24) is 4.90 Å². The normalized spacial score (nSPS) is 32.9. The van der Waals surface area contributed by atoms with E-state index in [0.29, 0.717) is 12.3 Å². The molecule has 0 saturated heterocycles. The lowest BCUT2D eigenvalue weighted by atomic mass is 9.89. The Morgan fingerprint density at radius 1 is 1.18 bits per heavy atom. The van der Waals surface area contributed by atoms with E-state index in [1.807, 2.05) is 0 Å². The second-order valence-corrected chi connectivity index (χ2v) is 9.34. The van der Waals surface area contributed by atoms with E-state index in [1.165, 1.54) is 12.7 Å². The predicted octanol–water partition coefficient (Wildman–Crippen LogP) is 2.01. The monoisotopic (exact) mass is 331 g/mol. The number of likely N-dealkylation sites (N-methyl/N-ethyl adjacent to an activating group) is 1. The summed E-state index contributed by atoms with van der Waals surface area (Å²) in [6, 6.07) is -0.198. The number of carbonyl (C=O) groups excluding carboxylic acids is 1. The molecule has 0 aromatic carbocycles. The molecule has 0 unspecified atom stereocenters. The maximum atomic E-state index is 12.3. The molecule has 0 aliphatic heterocycles. The van der Waals surface area contributed by atoms with Crippen LogP contribution in [0.3, 0.4) is 0 Å². The van der Waals surface area contributed by atoms with Crippen LogP contribution in [0, 0.1) is 5.92 Å². The van der Waals surface area contributed by atoms with E-state index in [-0.39, 0.29) is 24.7 Å². The number of ether oxygens (including phenoxy) is 1. The number of amides is 1. The number of sulfone groups is 1. The number of hydrogen-bond donors (Lipinski definition) is 0. The largest absolute Gasteiger partial charge is 0.368 e. The summed E-state index contributed by atoms with van der Waals surface area (Å²) < 4.78 is 29.5. The molecular weight excluding hydrogens is 302 g/mol. The molecule has 0 N–H and O–H groups in total. The molecule has 0 radical (unpaired) electrons.